The molecule has 108 valence electrons. The minimum absolute atomic E-state index is 0.0754. The molecule has 0 aliphatic heterocycles. The number of aryl methyl sites for hydroxylation is 1. The molecule has 0 spiro atoms. The lowest BCUT2D eigenvalue weighted by Crippen LogP contribution is -2.12. The van der Waals surface area contributed by atoms with E-state index in [1.807, 2.05) is 19.9 Å². The van der Waals surface area contributed by atoms with Crippen molar-refractivity contribution in [3.05, 3.63) is 23.8 Å². The maximum Gasteiger partial charge on any atom is 0.237 e. The molecule has 0 atom stereocenters. The van der Waals surface area contributed by atoms with Gasteiger partial charge in [0, 0.05) is 6.42 Å². The molecular weight excluding hydrogens is 266 g/mol. The van der Waals surface area contributed by atoms with Crippen LogP contribution in [0.4, 0.5) is 11.4 Å². The van der Waals surface area contributed by atoms with Crippen molar-refractivity contribution in [2.24, 2.45) is 5.10 Å². The first-order valence-corrected chi connectivity index (χ1v) is 6.65. The van der Waals surface area contributed by atoms with Gasteiger partial charge in [0.05, 0.1) is 11.4 Å². The number of nitrogens with one attached hydrogen (secondary N) is 2. The third kappa shape index (κ3) is 5.33. The predicted octanol–water partition coefficient (Wildman–Crippen LogP) is 2.94. The molecule has 0 radical (unpaired) electrons. The molecule has 0 saturated carbocycles. The number of unbranched alkanes of at least 4 members (excludes halogenated alkanes) is 1. The molecule has 0 unspecified atom stereocenters. The summed E-state index contributed by atoms with van der Waals surface area (Å²) in [6.45, 7) is 3.92. The second-order valence-electron chi connectivity index (χ2n) is 4.50. The van der Waals surface area contributed by atoms with E-state index in [-0.39, 0.29) is 11.6 Å². The van der Waals surface area contributed by atoms with Crippen molar-refractivity contribution < 1.29 is 4.79 Å². The molecule has 0 bridgehead atoms. The van der Waals surface area contributed by atoms with Gasteiger partial charge in [0.25, 0.3) is 0 Å². The average Bonchev–Trinajstić information content (AvgIpc) is 2.48. The van der Waals surface area contributed by atoms with Gasteiger partial charge in [0.2, 0.25) is 11.6 Å². The number of benzene rings is 1. The molecule has 21 heavy (non-hydrogen) atoms. The van der Waals surface area contributed by atoms with Crippen molar-refractivity contribution in [2.75, 3.05) is 10.7 Å². The van der Waals surface area contributed by atoms with Gasteiger partial charge in [-0.2, -0.15) is 15.6 Å². The number of hydrogen-bond acceptors (Lipinski definition) is 5. The number of hydrogen-bond donors (Lipinski definition) is 2. The maximum atomic E-state index is 11.8. The summed E-state index contributed by atoms with van der Waals surface area (Å²) in [4.78, 5) is 11.8. The number of carbonyl (C=O) groups excluding carboxylic acids is 1. The summed E-state index contributed by atoms with van der Waals surface area (Å²) in [7, 11) is 0. The summed E-state index contributed by atoms with van der Waals surface area (Å²) < 4.78 is 0. The van der Waals surface area contributed by atoms with Gasteiger partial charge in [-0.3, -0.25) is 10.2 Å². The Kier molecular flexibility index (Phi) is 6.43. The number of anilines is 2. The van der Waals surface area contributed by atoms with Crippen molar-refractivity contribution in [3.63, 3.8) is 0 Å². The summed E-state index contributed by atoms with van der Waals surface area (Å²) in [5.74, 6) is -0.0754. The van der Waals surface area contributed by atoms with Crippen LogP contribution in [0, 0.1) is 29.6 Å². The normalized spacial score (nSPS) is 9.14. The van der Waals surface area contributed by atoms with Gasteiger partial charge in [-0.05, 0) is 31.0 Å². The SMILES string of the molecule is CCCCC(=O)Nc1ccc(C)cc1NN=C(C#N)C#N. The zero-order valence-electron chi connectivity index (χ0n) is 12.1. The molecule has 6 heteroatoms. The number of rotatable bonds is 6. The van der Waals surface area contributed by atoms with E-state index in [1.165, 1.54) is 0 Å². The topological polar surface area (TPSA) is 101 Å². The summed E-state index contributed by atoms with van der Waals surface area (Å²) in [6.07, 6.45) is 2.23. The Labute approximate surface area is 124 Å². The van der Waals surface area contributed by atoms with E-state index in [0.717, 1.165) is 18.4 Å². The molecule has 0 aromatic heterocycles. The predicted molar refractivity (Wildman–Crippen MR) is 81.6 cm³/mol. The van der Waals surface area contributed by atoms with Crippen molar-refractivity contribution >= 4 is 23.0 Å². The second kappa shape index (κ2) is 8.34. The van der Waals surface area contributed by atoms with Crippen LogP contribution in [0.3, 0.4) is 0 Å². The van der Waals surface area contributed by atoms with Crippen molar-refractivity contribution in [1.82, 2.24) is 0 Å². The molecule has 2 N–H and O–H groups in total. The van der Waals surface area contributed by atoms with Crippen LogP contribution in [-0.2, 0) is 4.79 Å². The zero-order chi connectivity index (χ0) is 15.7. The monoisotopic (exact) mass is 283 g/mol. The molecule has 1 rings (SSSR count). The zero-order valence-corrected chi connectivity index (χ0v) is 12.1. The molecule has 1 amide bonds. The van der Waals surface area contributed by atoms with Crippen LogP contribution in [0.5, 0.6) is 0 Å². The van der Waals surface area contributed by atoms with E-state index in [9.17, 15) is 4.79 Å². The first-order valence-electron chi connectivity index (χ1n) is 6.65. The highest BCUT2D eigenvalue weighted by molar-refractivity contribution is 6.10. The highest BCUT2D eigenvalue weighted by atomic mass is 16.1. The summed E-state index contributed by atoms with van der Waals surface area (Å²) in [6, 6.07) is 8.73. The van der Waals surface area contributed by atoms with Crippen LogP contribution in [0.25, 0.3) is 0 Å². The molecule has 0 fully saturated rings. The smallest absolute Gasteiger partial charge is 0.237 e. The molecule has 0 saturated heterocycles. The lowest BCUT2D eigenvalue weighted by Gasteiger charge is -2.11. The fourth-order valence-electron chi connectivity index (χ4n) is 1.60. The Morgan fingerprint density at radius 2 is 2.00 bits per heavy atom. The molecule has 0 aliphatic carbocycles. The Bertz CT molecular complexity index is 606. The van der Waals surface area contributed by atoms with Crippen LogP contribution >= 0.6 is 0 Å². The summed E-state index contributed by atoms with van der Waals surface area (Å²) in [5, 5.41) is 23.8. The van der Waals surface area contributed by atoms with Gasteiger partial charge in [0.15, 0.2) is 0 Å². The minimum Gasteiger partial charge on any atom is -0.324 e. The van der Waals surface area contributed by atoms with Gasteiger partial charge < -0.3 is 5.32 Å². The van der Waals surface area contributed by atoms with E-state index in [2.05, 4.69) is 15.8 Å². The summed E-state index contributed by atoms with van der Waals surface area (Å²) >= 11 is 0. The third-order valence-electron chi connectivity index (χ3n) is 2.71. The van der Waals surface area contributed by atoms with Crippen LogP contribution < -0.4 is 10.7 Å². The van der Waals surface area contributed by atoms with Gasteiger partial charge >= 0.3 is 0 Å². The van der Waals surface area contributed by atoms with E-state index < -0.39 is 0 Å². The van der Waals surface area contributed by atoms with Crippen molar-refractivity contribution in [2.45, 2.75) is 33.1 Å². The Morgan fingerprint density at radius 1 is 1.29 bits per heavy atom. The highest BCUT2D eigenvalue weighted by Crippen LogP contribution is 2.23. The third-order valence-corrected chi connectivity index (χ3v) is 2.71. The first kappa shape index (κ1) is 16.2. The average molecular weight is 283 g/mol. The van der Waals surface area contributed by atoms with E-state index >= 15 is 0 Å². The molecule has 6 nitrogen and oxygen atoms in total. The van der Waals surface area contributed by atoms with Gasteiger partial charge in [-0.15, -0.1) is 0 Å². The minimum atomic E-state index is -0.278. The van der Waals surface area contributed by atoms with Gasteiger partial charge in [-0.25, -0.2) is 0 Å². The van der Waals surface area contributed by atoms with Crippen LogP contribution in [0.1, 0.15) is 31.7 Å². The molecule has 0 heterocycles. The van der Waals surface area contributed by atoms with E-state index in [0.29, 0.717) is 17.8 Å². The Hall–Kier alpha value is -2.86. The second-order valence-corrected chi connectivity index (χ2v) is 4.50. The van der Waals surface area contributed by atoms with Crippen molar-refractivity contribution in [1.29, 1.82) is 10.5 Å². The number of hydrazone groups is 1. The number of carbonyl (C=O) groups is 1. The Morgan fingerprint density at radius 3 is 2.62 bits per heavy atom. The summed E-state index contributed by atoms with van der Waals surface area (Å²) in [5.41, 5.74) is 4.45. The highest BCUT2D eigenvalue weighted by Gasteiger charge is 2.07. The molecule has 1 aromatic rings. The fourth-order valence-corrected chi connectivity index (χ4v) is 1.60. The lowest BCUT2D eigenvalue weighted by atomic mass is 10.2. The fraction of sp³-hybridized carbons (Fsp3) is 0.333. The number of nitrogens with zero attached hydrogens (tertiary/aromatic N) is 3. The lowest BCUT2D eigenvalue weighted by molar-refractivity contribution is -0.116. The number of nitriles is 2. The van der Waals surface area contributed by atoms with Crippen molar-refractivity contribution in [3.8, 4) is 12.1 Å². The Balaban J connectivity index is 2.90. The van der Waals surface area contributed by atoms with Crippen LogP contribution in [-0.4, -0.2) is 11.6 Å². The largest absolute Gasteiger partial charge is 0.324 e. The first-order chi connectivity index (χ1) is 10.1. The van der Waals surface area contributed by atoms with Crippen LogP contribution in [0.15, 0.2) is 23.3 Å². The quantitative estimate of drug-likeness (QED) is 0.619. The molecule has 0 aliphatic rings. The van der Waals surface area contributed by atoms with Gasteiger partial charge in [-0.1, -0.05) is 19.4 Å². The number of amides is 1. The van der Waals surface area contributed by atoms with E-state index in [4.69, 9.17) is 10.5 Å². The standard InChI is InChI=1S/C15H17N5O/c1-3-4-5-15(21)18-13-7-6-11(2)8-14(13)20-19-12(9-16)10-17/h6-8,20H,3-5H2,1-2H3,(H,18,21). The van der Waals surface area contributed by atoms with Crippen LogP contribution in [0.2, 0.25) is 0 Å². The molecular formula is C15H17N5O. The molecule has 1 aromatic carbocycles. The van der Waals surface area contributed by atoms with E-state index in [1.54, 1.807) is 24.3 Å². The van der Waals surface area contributed by atoms with Gasteiger partial charge in [0.1, 0.15) is 12.1 Å². The maximum absolute atomic E-state index is 11.8.